The Balaban J connectivity index is 1.95. The predicted octanol–water partition coefficient (Wildman–Crippen LogP) is 1.87. The van der Waals surface area contributed by atoms with E-state index in [1.165, 1.54) is 25.7 Å². The fourth-order valence-electron chi connectivity index (χ4n) is 2.83. The number of rotatable bonds is 3. The van der Waals surface area contributed by atoms with Gasteiger partial charge >= 0.3 is 0 Å². The summed E-state index contributed by atoms with van der Waals surface area (Å²) in [5, 5.41) is 10.3. The summed E-state index contributed by atoms with van der Waals surface area (Å²) in [4.78, 5) is 0.139. The highest BCUT2D eigenvalue weighted by Gasteiger charge is 2.17. The monoisotopic (exact) mass is 279 g/mol. The maximum Gasteiger partial charge on any atom is 0.238 e. The predicted molar refractivity (Wildman–Crippen MR) is 73.1 cm³/mol. The lowest BCUT2D eigenvalue weighted by molar-refractivity contribution is 0.438. The molecule has 0 aliphatic heterocycles. The lowest BCUT2D eigenvalue weighted by atomic mass is 10.1. The summed E-state index contributed by atoms with van der Waals surface area (Å²) in [6.07, 6.45) is 6.84. The van der Waals surface area contributed by atoms with Crippen molar-refractivity contribution in [2.75, 3.05) is 0 Å². The van der Waals surface area contributed by atoms with Gasteiger partial charge in [-0.3, -0.25) is 4.68 Å². The first-order valence-corrected chi connectivity index (χ1v) is 8.07. The third-order valence-electron chi connectivity index (χ3n) is 3.85. The molecule has 2 N–H and O–H groups in total. The van der Waals surface area contributed by atoms with Crippen LogP contribution in [0.4, 0.5) is 0 Å². The van der Waals surface area contributed by atoms with Crippen LogP contribution in [-0.2, 0) is 16.6 Å². The maximum absolute atomic E-state index is 11.3. The molecular weight excluding hydrogens is 262 g/mol. The minimum atomic E-state index is -3.64. The molecule has 6 heteroatoms. The second-order valence-corrected chi connectivity index (χ2v) is 6.80. The van der Waals surface area contributed by atoms with Crippen LogP contribution in [0.1, 0.15) is 25.7 Å². The minimum absolute atomic E-state index is 0.139. The fourth-order valence-corrected chi connectivity index (χ4v) is 3.37. The molecule has 0 saturated heterocycles. The Hall–Kier alpha value is -1.40. The number of nitrogens with zero attached hydrogens (tertiary/aromatic N) is 2. The smallest absolute Gasteiger partial charge is 0.238 e. The van der Waals surface area contributed by atoms with Crippen molar-refractivity contribution in [3.8, 4) is 0 Å². The largest absolute Gasteiger partial charge is 0.265 e. The van der Waals surface area contributed by atoms with E-state index in [4.69, 9.17) is 5.14 Å². The van der Waals surface area contributed by atoms with Crippen LogP contribution in [0.2, 0.25) is 0 Å². The summed E-state index contributed by atoms with van der Waals surface area (Å²) in [5.74, 6) is 0.695. The van der Waals surface area contributed by atoms with Crippen molar-refractivity contribution in [3.63, 3.8) is 0 Å². The van der Waals surface area contributed by atoms with Crippen molar-refractivity contribution in [2.24, 2.45) is 11.1 Å². The van der Waals surface area contributed by atoms with Gasteiger partial charge in [0.2, 0.25) is 10.0 Å². The van der Waals surface area contributed by atoms with E-state index in [1.54, 1.807) is 24.4 Å². The molecule has 1 aliphatic rings. The van der Waals surface area contributed by atoms with Crippen molar-refractivity contribution >= 4 is 20.9 Å². The summed E-state index contributed by atoms with van der Waals surface area (Å²) in [6.45, 7) is 0.915. The van der Waals surface area contributed by atoms with Crippen LogP contribution in [0.3, 0.4) is 0 Å². The summed E-state index contributed by atoms with van der Waals surface area (Å²) in [6, 6.07) is 4.92. The highest BCUT2D eigenvalue weighted by atomic mass is 32.2. The van der Waals surface area contributed by atoms with Crippen LogP contribution in [0.15, 0.2) is 29.3 Å². The number of hydrogen-bond donors (Lipinski definition) is 1. The molecule has 1 aromatic heterocycles. The Morgan fingerprint density at radius 3 is 2.74 bits per heavy atom. The van der Waals surface area contributed by atoms with Crippen molar-refractivity contribution in [1.29, 1.82) is 0 Å². The number of primary sulfonamides is 1. The van der Waals surface area contributed by atoms with Gasteiger partial charge in [-0.05, 0) is 37.0 Å². The summed E-state index contributed by atoms with van der Waals surface area (Å²) in [7, 11) is -3.64. The fraction of sp³-hybridized carbons (Fsp3) is 0.462. The van der Waals surface area contributed by atoms with Gasteiger partial charge in [0.1, 0.15) is 0 Å². The standard InChI is InChI=1S/C13H17N3O2S/c14-19(17,18)12-5-6-13-11(7-12)8-15-16(13)9-10-3-1-2-4-10/h5-8,10H,1-4,9H2,(H2,14,17,18). The lowest BCUT2D eigenvalue weighted by Crippen LogP contribution is -2.12. The van der Waals surface area contributed by atoms with Gasteiger partial charge in [-0.2, -0.15) is 5.10 Å². The molecular formula is C13H17N3O2S. The molecule has 0 atom stereocenters. The van der Waals surface area contributed by atoms with Crippen LogP contribution < -0.4 is 5.14 Å². The van der Waals surface area contributed by atoms with Crippen LogP contribution in [0.25, 0.3) is 10.9 Å². The minimum Gasteiger partial charge on any atom is -0.265 e. The van der Waals surface area contributed by atoms with Gasteiger partial charge in [0, 0.05) is 11.9 Å². The van der Waals surface area contributed by atoms with Gasteiger partial charge in [-0.15, -0.1) is 0 Å². The van der Waals surface area contributed by atoms with E-state index in [0.717, 1.165) is 17.4 Å². The molecule has 1 aromatic carbocycles. The van der Waals surface area contributed by atoms with E-state index in [2.05, 4.69) is 5.10 Å². The number of nitrogens with two attached hydrogens (primary N) is 1. The average Bonchev–Trinajstić information content (AvgIpc) is 2.98. The Labute approximate surface area is 112 Å². The molecule has 1 saturated carbocycles. The number of hydrogen-bond acceptors (Lipinski definition) is 3. The first-order valence-electron chi connectivity index (χ1n) is 6.52. The molecule has 102 valence electrons. The summed E-state index contributed by atoms with van der Waals surface area (Å²) < 4.78 is 24.6. The van der Waals surface area contributed by atoms with Gasteiger partial charge in [0.05, 0.1) is 16.6 Å². The molecule has 5 nitrogen and oxygen atoms in total. The topological polar surface area (TPSA) is 78.0 Å². The second kappa shape index (κ2) is 4.61. The Kier molecular flexibility index (Phi) is 3.06. The first kappa shape index (κ1) is 12.6. The normalized spacial score (nSPS) is 17.3. The summed E-state index contributed by atoms with van der Waals surface area (Å²) >= 11 is 0. The number of benzene rings is 1. The molecule has 0 amide bonds. The molecule has 1 fully saturated rings. The Morgan fingerprint density at radius 2 is 2.05 bits per heavy atom. The third kappa shape index (κ3) is 2.50. The van der Waals surface area contributed by atoms with E-state index in [1.807, 2.05) is 4.68 Å². The first-order chi connectivity index (χ1) is 9.04. The summed E-state index contributed by atoms with van der Waals surface area (Å²) in [5.41, 5.74) is 0.972. The van der Waals surface area contributed by atoms with Gasteiger partial charge in [-0.25, -0.2) is 13.6 Å². The van der Waals surface area contributed by atoms with E-state index >= 15 is 0 Å². The van der Waals surface area contributed by atoms with Crippen LogP contribution in [0.5, 0.6) is 0 Å². The van der Waals surface area contributed by atoms with Crippen LogP contribution >= 0.6 is 0 Å². The van der Waals surface area contributed by atoms with Gasteiger partial charge in [0.25, 0.3) is 0 Å². The molecule has 3 rings (SSSR count). The molecule has 19 heavy (non-hydrogen) atoms. The molecule has 0 unspecified atom stereocenters. The van der Waals surface area contributed by atoms with Crippen molar-refractivity contribution < 1.29 is 8.42 Å². The molecule has 1 aliphatic carbocycles. The zero-order chi connectivity index (χ0) is 13.5. The van der Waals surface area contributed by atoms with E-state index in [-0.39, 0.29) is 4.90 Å². The Morgan fingerprint density at radius 1 is 1.32 bits per heavy atom. The lowest BCUT2D eigenvalue weighted by Gasteiger charge is -2.10. The van der Waals surface area contributed by atoms with Gasteiger partial charge in [-0.1, -0.05) is 12.8 Å². The molecule has 0 bridgehead atoms. The van der Waals surface area contributed by atoms with E-state index in [9.17, 15) is 8.42 Å². The van der Waals surface area contributed by atoms with Crippen LogP contribution in [-0.4, -0.2) is 18.2 Å². The zero-order valence-corrected chi connectivity index (χ0v) is 11.4. The highest BCUT2D eigenvalue weighted by molar-refractivity contribution is 7.89. The molecule has 0 radical (unpaired) electrons. The number of sulfonamides is 1. The highest BCUT2D eigenvalue weighted by Crippen LogP contribution is 2.27. The number of aromatic nitrogens is 2. The van der Waals surface area contributed by atoms with Crippen molar-refractivity contribution in [2.45, 2.75) is 37.1 Å². The quantitative estimate of drug-likeness (QED) is 0.931. The SMILES string of the molecule is NS(=O)(=O)c1ccc2c(cnn2CC2CCCC2)c1. The Bertz CT molecular complexity index is 700. The van der Waals surface area contributed by atoms with E-state index in [0.29, 0.717) is 5.92 Å². The van der Waals surface area contributed by atoms with Crippen molar-refractivity contribution in [3.05, 3.63) is 24.4 Å². The molecule has 0 spiro atoms. The van der Waals surface area contributed by atoms with Gasteiger partial charge < -0.3 is 0 Å². The van der Waals surface area contributed by atoms with Crippen LogP contribution in [0, 0.1) is 5.92 Å². The maximum atomic E-state index is 11.3. The number of fused-ring (bicyclic) bond motifs is 1. The third-order valence-corrected chi connectivity index (χ3v) is 4.76. The van der Waals surface area contributed by atoms with Gasteiger partial charge in [0.15, 0.2) is 0 Å². The second-order valence-electron chi connectivity index (χ2n) is 5.24. The van der Waals surface area contributed by atoms with Crippen molar-refractivity contribution in [1.82, 2.24) is 9.78 Å². The molecule has 1 heterocycles. The van der Waals surface area contributed by atoms with E-state index < -0.39 is 10.0 Å². The zero-order valence-electron chi connectivity index (χ0n) is 10.6. The molecule has 2 aromatic rings. The average molecular weight is 279 g/mol.